The molecule has 1 N–H and O–H groups in total. The van der Waals surface area contributed by atoms with Crippen molar-refractivity contribution in [3.8, 4) is 0 Å². The Kier molecular flexibility index (Phi) is 5.20. The van der Waals surface area contributed by atoms with E-state index in [2.05, 4.69) is 33.0 Å². The summed E-state index contributed by atoms with van der Waals surface area (Å²) in [6.07, 6.45) is 0. The highest BCUT2D eigenvalue weighted by Gasteiger charge is 2.24. The van der Waals surface area contributed by atoms with Gasteiger partial charge >= 0.3 is 0 Å². The molecule has 0 unspecified atom stereocenters. The van der Waals surface area contributed by atoms with Gasteiger partial charge in [0.15, 0.2) is 0 Å². The summed E-state index contributed by atoms with van der Waals surface area (Å²) in [7, 11) is 0. The number of rotatable bonds is 5. The van der Waals surface area contributed by atoms with Gasteiger partial charge < -0.3 is 5.32 Å². The molecule has 0 aromatic heterocycles. The SMILES string of the molecule is CC(C)C(C(=O)NCc1ccccc1)C(C)C. The zero-order valence-electron chi connectivity index (χ0n) is 11.2. The molecule has 1 aromatic carbocycles. The minimum Gasteiger partial charge on any atom is -0.352 e. The fraction of sp³-hybridized carbons (Fsp3) is 0.533. The first-order chi connectivity index (χ1) is 8.02. The van der Waals surface area contributed by atoms with Crippen molar-refractivity contribution in [3.63, 3.8) is 0 Å². The topological polar surface area (TPSA) is 29.1 Å². The second-order valence-electron chi connectivity index (χ2n) is 5.22. The zero-order valence-corrected chi connectivity index (χ0v) is 11.2. The fourth-order valence-electron chi connectivity index (χ4n) is 2.28. The smallest absolute Gasteiger partial charge is 0.223 e. The van der Waals surface area contributed by atoms with Gasteiger partial charge in [-0.3, -0.25) is 4.79 Å². The molecule has 1 amide bonds. The summed E-state index contributed by atoms with van der Waals surface area (Å²) < 4.78 is 0. The molecule has 1 aromatic rings. The highest BCUT2D eigenvalue weighted by Crippen LogP contribution is 2.20. The average Bonchev–Trinajstić information content (AvgIpc) is 2.27. The molecule has 2 heteroatoms. The van der Waals surface area contributed by atoms with Crippen LogP contribution in [-0.2, 0) is 11.3 Å². The van der Waals surface area contributed by atoms with E-state index in [9.17, 15) is 4.79 Å². The molecule has 2 nitrogen and oxygen atoms in total. The van der Waals surface area contributed by atoms with Gasteiger partial charge in [0.2, 0.25) is 5.91 Å². The van der Waals surface area contributed by atoms with Crippen LogP contribution >= 0.6 is 0 Å². The third kappa shape index (κ3) is 4.22. The lowest BCUT2D eigenvalue weighted by Gasteiger charge is -2.23. The van der Waals surface area contributed by atoms with E-state index < -0.39 is 0 Å². The molecule has 0 saturated heterocycles. The highest BCUT2D eigenvalue weighted by atomic mass is 16.1. The molecule has 94 valence electrons. The van der Waals surface area contributed by atoms with E-state index in [0.717, 1.165) is 5.56 Å². The van der Waals surface area contributed by atoms with Crippen LogP contribution in [0.3, 0.4) is 0 Å². The molecule has 0 fully saturated rings. The summed E-state index contributed by atoms with van der Waals surface area (Å²) in [6.45, 7) is 9.04. The number of benzene rings is 1. The first kappa shape index (κ1) is 13.8. The summed E-state index contributed by atoms with van der Waals surface area (Å²) in [5.74, 6) is 1.02. The van der Waals surface area contributed by atoms with Crippen LogP contribution in [0.4, 0.5) is 0 Å². The third-order valence-electron chi connectivity index (χ3n) is 3.05. The van der Waals surface area contributed by atoms with Gasteiger partial charge in [-0.05, 0) is 17.4 Å². The van der Waals surface area contributed by atoms with Crippen LogP contribution in [0.1, 0.15) is 33.3 Å². The number of hydrogen-bond acceptors (Lipinski definition) is 1. The molecule has 0 radical (unpaired) electrons. The van der Waals surface area contributed by atoms with Crippen LogP contribution in [0, 0.1) is 17.8 Å². The molecule has 0 spiro atoms. The minimum absolute atomic E-state index is 0.0960. The second kappa shape index (κ2) is 6.43. The lowest BCUT2D eigenvalue weighted by molar-refractivity contribution is -0.128. The van der Waals surface area contributed by atoms with Gasteiger partial charge in [0.05, 0.1) is 0 Å². The van der Waals surface area contributed by atoms with Gasteiger partial charge in [0.25, 0.3) is 0 Å². The Morgan fingerprint density at radius 1 is 1.06 bits per heavy atom. The largest absolute Gasteiger partial charge is 0.352 e. The van der Waals surface area contributed by atoms with E-state index in [4.69, 9.17) is 0 Å². The molecule has 17 heavy (non-hydrogen) atoms. The Balaban J connectivity index is 2.54. The molecule has 0 aliphatic heterocycles. The van der Waals surface area contributed by atoms with Gasteiger partial charge in [0.1, 0.15) is 0 Å². The Labute approximate surface area is 104 Å². The van der Waals surface area contributed by atoms with E-state index in [1.807, 2.05) is 30.3 Å². The fourth-order valence-corrected chi connectivity index (χ4v) is 2.28. The van der Waals surface area contributed by atoms with Crippen molar-refractivity contribution in [2.45, 2.75) is 34.2 Å². The van der Waals surface area contributed by atoms with Crippen LogP contribution in [0.2, 0.25) is 0 Å². The molecule has 0 heterocycles. The van der Waals surface area contributed by atoms with Gasteiger partial charge in [-0.15, -0.1) is 0 Å². The molecular weight excluding hydrogens is 210 g/mol. The summed E-state index contributed by atoms with van der Waals surface area (Å²) in [5, 5.41) is 3.02. The normalized spacial score (nSPS) is 11.2. The quantitative estimate of drug-likeness (QED) is 0.831. The predicted octanol–water partition coefficient (Wildman–Crippen LogP) is 3.23. The molecule has 0 bridgehead atoms. The van der Waals surface area contributed by atoms with E-state index >= 15 is 0 Å². The van der Waals surface area contributed by atoms with E-state index in [1.54, 1.807) is 0 Å². The van der Waals surface area contributed by atoms with Crippen molar-refractivity contribution < 1.29 is 4.79 Å². The number of hydrogen-bond donors (Lipinski definition) is 1. The van der Waals surface area contributed by atoms with Crippen molar-refractivity contribution in [1.29, 1.82) is 0 Å². The van der Waals surface area contributed by atoms with Crippen molar-refractivity contribution >= 4 is 5.91 Å². The zero-order chi connectivity index (χ0) is 12.8. The Morgan fingerprint density at radius 2 is 1.59 bits per heavy atom. The molecule has 0 saturated carbocycles. The maximum Gasteiger partial charge on any atom is 0.223 e. The van der Waals surface area contributed by atoms with Gasteiger partial charge in [-0.25, -0.2) is 0 Å². The summed E-state index contributed by atoms with van der Waals surface area (Å²) >= 11 is 0. The van der Waals surface area contributed by atoms with E-state index in [0.29, 0.717) is 18.4 Å². The molecule has 0 aliphatic rings. The van der Waals surface area contributed by atoms with Gasteiger partial charge in [-0.1, -0.05) is 58.0 Å². The van der Waals surface area contributed by atoms with Crippen molar-refractivity contribution in [2.24, 2.45) is 17.8 Å². The summed E-state index contributed by atoms with van der Waals surface area (Å²) in [5.41, 5.74) is 1.15. The Bertz CT molecular complexity index is 335. The average molecular weight is 233 g/mol. The van der Waals surface area contributed by atoms with Crippen LogP contribution in [0.25, 0.3) is 0 Å². The van der Waals surface area contributed by atoms with Gasteiger partial charge in [-0.2, -0.15) is 0 Å². The third-order valence-corrected chi connectivity index (χ3v) is 3.05. The van der Waals surface area contributed by atoms with Crippen LogP contribution in [0.5, 0.6) is 0 Å². The molecule has 0 aliphatic carbocycles. The minimum atomic E-state index is 0.0960. The number of carbonyl (C=O) groups is 1. The number of nitrogens with one attached hydrogen (secondary N) is 1. The lowest BCUT2D eigenvalue weighted by Crippen LogP contribution is -2.36. The predicted molar refractivity (Wildman–Crippen MR) is 71.5 cm³/mol. The van der Waals surface area contributed by atoms with Crippen LogP contribution in [0.15, 0.2) is 30.3 Å². The molecular formula is C15H23NO. The van der Waals surface area contributed by atoms with E-state index in [1.165, 1.54) is 0 Å². The first-order valence-electron chi connectivity index (χ1n) is 6.34. The van der Waals surface area contributed by atoms with Crippen LogP contribution in [-0.4, -0.2) is 5.91 Å². The van der Waals surface area contributed by atoms with E-state index in [-0.39, 0.29) is 11.8 Å². The number of carbonyl (C=O) groups excluding carboxylic acids is 1. The van der Waals surface area contributed by atoms with Crippen molar-refractivity contribution in [2.75, 3.05) is 0 Å². The Morgan fingerprint density at radius 3 is 2.06 bits per heavy atom. The number of amides is 1. The van der Waals surface area contributed by atoms with Crippen LogP contribution < -0.4 is 5.32 Å². The van der Waals surface area contributed by atoms with Crippen molar-refractivity contribution in [1.82, 2.24) is 5.32 Å². The van der Waals surface area contributed by atoms with Crippen molar-refractivity contribution in [3.05, 3.63) is 35.9 Å². The first-order valence-corrected chi connectivity index (χ1v) is 6.34. The highest BCUT2D eigenvalue weighted by molar-refractivity contribution is 5.79. The maximum atomic E-state index is 12.1. The lowest BCUT2D eigenvalue weighted by atomic mass is 9.85. The Hall–Kier alpha value is -1.31. The maximum absolute atomic E-state index is 12.1. The summed E-state index contributed by atoms with van der Waals surface area (Å²) in [4.78, 5) is 12.1. The standard InChI is InChI=1S/C15H23NO/c1-11(2)14(12(3)4)15(17)16-10-13-8-6-5-7-9-13/h5-9,11-12,14H,10H2,1-4H3,(H,16,17). The van der Waals surface area contributed by atoms with Gasteiger partial charge in [0, 0.05) is 12.5 Å². The monoisotopic (exact) mass is 233 g/mol. The molecule has 1 rings (SSSR count). The molecule has 0 atom stereocenters. The second-order valence-corrected chi connectivity index (χ2v) is 5.22. The summed E-state index contributed by atoms with van der Waals surface area (Å²) in [6, 6.07) is 10.0.